The van der Waals surface area contributed by atoms with Gasteiger partial charge in [-0.2, -0.15) is 0 Å². The van der Waals surface area contributed by atoms with Crippen molar-refractivity contribution in [3.8, 4) is 5.75 Å². The average molecular weight is 388 g/mol. The molecule has 1 heterocycles. The molecule has 6 heteroatoms. The largest absolute Gasteiger partial charge is 0.492 e. The Bertz CT molecular complexity index is 809. The summed E-state index contributed by atoms with van der Waals surface area (Å²) >= 11 is 6.00. The summed E-state index contributed by atoms with van der Waals surface area (Å²) in [6.45, 7) is 2.29. The van der Waals surface area contributed by atoms with Crippen LogP contribution in [0.2, 0.25) is 5.02 Å². The van der Waals surface area contributed by atoms with E-state index in [0.717, 1.165) is 23.3 Å². The molecule has 0 bridgehead atoms. The van der Waals surface area contributed by atoms with Gasteiger partial charge >= 0.3 is 5.97 Å². The molecule has 0 saturated carbocycles. The predicted molar refractivity (Wildman–Crippen MR) is 103 cm³/mol. The summed E-state index contributed by atoms with van der Waals surface area (Å²) in [6, 6.07) is 15.2. The normalized spacial score (nSPS) is 16.6. The van der Waals surface area contributed by atoms with E-state index >= 15 is 0 Å². The molecule has 2 aromatic rings. The molecule has 0 aromatic heterocycles. The lowest BCUT2D eigenvalue weighted by molar-refractivity contribution is -0.160. The van der Waals surface area contributed by atoms with Gasteiger partial charge in [0.1, 0.15) is 12.4 Å². The van der Waals surface area contributed by atoms with E-state index in [0.29, 0.717) is 18.0 Å². The predicted octanol–water partition coefficient (Wildman–Crippen LogP) is 3.18. The minimum Gasteiger partial charge on any atom is -0.492 e. The topological polar surface area (TPSA) is 64.6 Å². The minimum absolute atomic E-state index is 0.232. The fourth-order valence-corrected chi connectivity index (χ4v) is 3.15. The monoisotopic (exact) mass is 387 g/mol. The third kappa shape index (κ3) is 5.23. The fourth-order valence-electron chi connectivity index (χ4n) is 2.96. The first-order valence-corrected chi connectivity index (χ1v) is 9.34. The maximum atomic E-state index is 12.4. The molecular weight excluding hydrogens is 366 g/mol. The molecule has 0 spiro atoms. The highest BCUT2D eigenvalue weighted by Gasteiger charge is 2.29. The van der Waals surface area contributed by atoms with Crippen LogP contribution in [0.1, 0.15) is 18.1 Å². The van der Waals surface area contributed by atoms with Crippen molar-refractivity contribution in [2.24, 2.45) is 5.92 Å². The smallest absolute Gasteiger partial charge is 0.313 e. The van der Waals surface area contributed by atoms with E-state index in [1.165, 1.54) is 0 Å². The van der Waals surface area contributed by atoms with Crippen LogP contribution in [-0.2, 0) is 27.2 Å². The number of carbonyl (C=O) groups excluding carboxylic acids is 2. The molecule has 0 aliphatic carbocycles. The van der Waals surface area contributed by atoms with Gasteiger partial charge in [0.25, 0.3) is 5.91 Å². The van der Waals surface area contributed by atoms with E-state index in [1.807, 2.05) is 30.3 Å². The maximum absolute atomic E-state index is 12.4. The van der Waals surface area contributed by atoms with Crippen molar-refractivity contribution < 1.29 is 19.1 Å². The SMILES string of the molecule is CC(OC(=O)C1COc2ccc(Cl)cc2C1)C(=O)NCCc1ccccc1. The van der Waals surface area contributed by atoms with E-state index in [-0.39, 0.29) is 12.5 Å². The highest BCUT2D eigenvalue weighted by molar-refractivity contribution is 6.30. The number of nitrogens with one attached hydrogen (secondary N) is 1. The summed E-state index contributed by atoms with van der Waals surface area (Å²) < 4.78 is 10.9. The Morgan fingerprint density at radius 1 is 1.26 bits per heavy atom. The molecule has 1 amide bonds. The third-order valence-corrected chi connectivity index (χ3v) is 4.72. The first-order valence-electron chi connectivity index (χ1n) is 8.96. The zero-order valence-corrected chi connectivity index (χ0v) is 15.9. The van der Waals surface area contributed by atoms with Gasteiger partial charge in [-0.3, -0.25) is 9.59 Å². The van der Waals surface area contributed by atoms with Gasteiger partial charge in [0, 0.05) is 11.6 Å². The van der Waals surface area contributed by atoms with Crippen LogP contribution in [0.3, 0.4) is 0 Å². The van der Waals surface area contributed by atoms with Gasteiger partial charge in [-0.1, -0.05) is 41.9 Å². The molecule has 2 aromatic carbocycles. The summed E-state index contributed by atoms with van der Waals surface area (Å²) in [7, 11) is 0. The van der Waals surface area contributed by atoms with E-state index in [2.05, 4.69) is 5.32 Å². The summed E-state index contributed by atoms with van der Waals surface area (Å²) in [5.74, 6) is -0.462. The van der Waals surface area contributed by atoms with Gasteiger partial charge in [0.05, 0.1) is 5.92 Å². The van der Waals surface area contributed by atoms with Gasteiger partial charge in [-0.15, -0.1) is 0 Å². The number of rotatable bonds is 6. The van der Waals surface area contributed by atoms with Crippen LogP contribution in [-0.4, -0.2) is 31.1 Å². The number of benzene rings is 2. The third-order valence-electron chi connectivity index (χ3n) is 4.48. The lowest BCUT2D eigenvalue weighted by Gasteiger charge is -2.25. The van der Waals surface area contributed by atoms with Gasteiger partial charge in [-0.05, 0) is 49.1 Å². The molecule has 2 atom stereocenters. The molecule has 27 heavy (non-hydrogen) atoms. The molecule has 5 nitrogen and oxygen atoms in total. The summed E-state index contributed by atoms with van der Waals surface area (Å²) in [5, 5.41) is 3.39. The Labute approximate surface area is 163 Å². The number of fused-ring (bicyclic) bond motifs is 1. The lowest BCUT2D eigenvalue weighted by atomic mass is 9.97. The van der Waals surface area contributed by atoms with E-state index < -0.39 is 18.0 Å². The minimum atomic E-state index is -0.853. The zero-order chi connectivity index (χ0) is 19.2. The second-order valence-electron chi connectivity index (χ2n) is 6.57. The number of carbonyl (C=O) groups is 2. The molecule has 1 aliphatic heterocycles. The Balaban J connectivity index is 1.46. The van der Waals surface area contributed by atoms with Crippen LogP contribution in [0.15, 0.2) is 48.5 Å². The number of hydrogen-bond donors (Lipinski definition) is 1. The van der Waals surface area contributed by atoms with Crippen LogP contribution < -0.4 is 10.1 Å². The molecule has 1 aliphatic rings. The Morgan fingerprint density at radius 3 is 2.81 bits per heavy atom. The Morgan fingerprint density at radius 2 is 2.04 bits per heavy atom. The van der Waals surface area contributed by atoms with Crippen molar-refractivity contribution in [1.82, 2.24) is 5.32 Å². The molecule has 0 fully saturated rings. The molecule has 1 N–H and O–H groups in total. The van der Waals surface area contributed by atoms with Crippen LogP contribution in [0.25, 0.3) is 0 Å². The van der Waals surface area contributed by atoms with Crippen molar-refractivity contribution >= 4 is 23.5 Å². The van der Waals surface area contributed by atoms with Gasteiger partial charge in [0.2, 0.25) is 0 Å². The number of ether oxygens (including phenoxy) is 2. The first kappa shape index (κ1) is 19.2. The number of halogens is 1. The lowest BCUT2D eigenvalue weighted by Crippen LogP contribution is -2.39. The Hall–Kier alpha value is -2.53. The maximum Gasteiger partial charge on any atom is 0.313 e. The molecular formula is C21H22ClNO4. The quantitative estimate of drug-likeness (QED) is 0.773. The molecule has 142 valence electrons. The molecule has 0 radical (unpaired) electrons. The van der Waals surface area contributed by atoms with Gasteiger partial charge in [-0.25, -0.2) is 0 Å². The number of amides is 1. The highest BCUT2D eigenvalue weighted by Crippen LogP contribution is 2.30. The number of esters is 1. The van der Waals surface area contributed by atoms with Gasteiger partial charge < -0.3 is 14.8 Å². The van der Waals surface area contributed by atoms with Crippen molar-refractivity contribution in [1.29, 1.82) is 0 Å². The molecule has 3 rings (SSSR count). The standard InChI is InChI=1S/C21H22ClNO4/c1-14(20(24)23-10-9-15-5-3-2-4-6-15)27-21(25)17-11-16-12-18(22)7-8-19(16)26-13-17/h2-8,12,14,17H,9-11,13H2,1H3,(H,23,24). The second-order valence-corrected chi connectivity index (χ2v) is 7.01. The number of hydrogen-bond acceptors (Lipinski definition) is 4. The van der Waals surface area contributed by atoms with Crippen LogP contribution in [0.5, 0.6) is 5.75 Å². The van der Waals surface area contributed by atoms with Crippen LogP contribution in [0, 0.1) is 5.92 Å². The summed E-state index contributed by atoms with van der Waals surface area (Å²) in [4.78, 5) is 24.5. The molecule has 2 unspecified atom stereocenters. The average Bonchev–Trinajstić information content (AvgIpc) is 2.68. The molecule has 0 saturated heterocycles. The zero-order valence-electron chi connectivity index (χ0n) is 15.1. The van der Waals surface area contributed by atoms with Crippen molar-refractivity contribution in [3.63, 3.8) is 0 Å². The van der Waals surface area contributed by atoms with Gasteiger partial charge in [0.15, 0.2) is 6.10 Å². The second kappa shape index (κ2) is 8.91. The van der Waals surface area contributed by atoms with Crippen molar-refractivity contribution in [2.75, 3.05) is 13.2 Å². The van der Waals surface area contributed by atoms with Crippen molar-refractivity contribution in [3.05, 3.63) is 64.7 Å². The highest BCUT2D eigenvalue weighted by atomic mass is 35.5. The summed E-state index contributed by atoms with van der Waals surface area (Å²) in [5.41, 5.74) is 2.01. The van der Waals surface area contributed by atoms with Crippen molar-refractivity contribution in [2.45, 2.75) is 25.9 Å². The van der Waals surface area contributed by atoms with E-state index in [4.69, 9.17) is 21.1 Å². The van der Waals surface area contributed by atoms with Crippen LogP contribution in [0.4, 0.5) is 0 Å². The summed E-state index contributed by atoms with van der Waals surface area (Å²) in [6.07, 6.45) is 0.354. The van der Waals surface area contributed by atoms with E-state index in [1.54, 1.807) is 25.1 Å². The Kier molecular flexibility index (Phi) is 6.35. The fraction of sp³-hybridized carbons (Fsp3) is 0.333. The van der Waals surface area contributed by atoms with E-state index in [9.17, 15) is 9.59 Å². The van der Waals surface area contributed by atoms with Crippen LogP contribution >= 0.6 is 11.6 Å². The first-order chi connectivity index (χ1) is 13.0.